The Hall–Kier alpha value is -1.84. The van der Waals surface area contributed by atoms with Crippen molar-refractivity contribution in [1.82, 2.24) is 9.47 Å². The number of carbonyl (C=O) groups excluding carboxylic acids is 1. The van der Waals surface area contributed by atoms with Gasteiger partial charge in [-0.1, -0.05) is 20.8 Å². The van der Waals surface area contributed by atoms with E-state index in [4.69, 9.17) is 0 Å². The third-order valence-corrected chi connectivity index (χ3v) is 6.83. The highest BCUT2D eigenvalue weighted by Gasteiger charge is 2.59. The van der Waals surface area contributed by atoms with Gasteiger partial charge in [-0.3, -0.25) is 4.79 Å². The van der Waals surface area contributed by atoms with Crippen LogP contribution >= 0.6 is 0 Å². The molecular weight excluding hydrogens is 327 g/mol. The van der Waals surface area contributed by atoms with E-state index in [-0.39, 0.29) is 17.1 Å². The number of hydrogen-bond acceptors (Lipinski definition) is 1. The number of halogens is 1. The zero-order valence-electron chi connectivity index (χ0n) is 15.9. The SMILES string of the molecule is CC1(C)CC2N(C(=O)c3cn(CC4CC4)c4cc(F)ccc34)CC2(C)C1. The highest BCUT2D eigenvalue weighted by atomic mass is 19.1. The Balaban J connectivity index is 1.50. The van der Waals surface area contributed by atoms with Crippen LogP contribution < -0.4 is 0 Å². The van der Waals surface area contributed by atoms with Crippen LogP contribution in [0.5, 0.6) is 0 Å². The standard InChI is InChI=1S/C22H27FN2O/c1-21(2)9-19-22(3,12-21)13-25(19)20(26)17-11-24(10-14-4-5-14)18-8-15(23)6-7-16(17)18/h6-8,11,14,19H,4-5,9-10,12-13H2,1-3H3. The molecule has 1 amide bonds. The number of likely N-dealkylation sites (tertiary alicyclic amines) is 1. The number of amides is 1. The van der Waals surface area contributed by atoms with Crippen LogP contribution in [0.4, 0.5) is 4.39 Å². The van der Waals surface area contributed by atoms with Gasteiger partial charge in [-0.15, -0.1) is 0 Å². The molecule has 138 valence electrons. The van der Waals surface area contributed by atoms with Crippen LogP contribution in [0.2, 0.25) is 0 Å². The Bertz CT molecular complexity index is 910. The van der Waals surface area contributed by atoms with Crippen LogP contribution in [0.25, 0.3) is 10.9 Å². The van der Waals surface area contributed by atoms with Gasteiger partial charge in [0, 0.05) is 36.1 Å². The molecule has 0 N–H and O–H groups in total. The summed E-state index contributed by atoms with van der Waals surface area (Å²) >= 11 is 0. The Labute approximate surface area is 154 Å². The molecule has 0 spiro atoms. The number of aromatic nitrogens is 1. The summed E-state index contributed by atoms with van der Waals surface area (Å²) in [6.07, 6.45) is 6.70. The van der Waals surface area contributed by atoms with Crippen LogP contribution in [0, 0.1) is 22.6 Å². The molecule has 2 unspecified atom stereocenters. The third kappa shape index (κ3) is 2.41. The molecule has 4 heteroatoms. The number of benzene rings is 1. The first-order chi connectivity index (χ1) is 12.3. The van der Waals surface area contributed by atoms with E-state index in [1.165, 1.54) is 25.3 Å². The third-order valence-electron chi connectivity index (χ3n) is 6.83. The fourth-order valence-electron chi connectivity index (χ4n) is 5.62. The number of carbonyl (C=O) groups is 1. The molecule has 5 rings (SSSR count). The van der Waals surface area contributed by atoms with Gasteiger partial charge >= 0.3 is 0 Å². The van der Waals surface area contributed by atoms with E-state index in [1.807, 2.05) is 6.20 Å². The largest absolute Gasteiger partial charge is 0.346 e. The molecule has 2 saturated carbocycles. The van der Waals surface area contributed by atoms with Gasteiger partial charge < -0.3 is 9.47 Å². The van der Waals surface area contributed by atoms with E-state index in [2.05, 4.69) is 30.2 Å². The Morgan fingerprint density at radius 3 is 2.73 bits per heavy atom. The van der Waals surface area contributed by atoms with Crippen LogP contribution in [0.3, 0.4) is 0 Å². The molecule has 1 saturated heterocycles. The first-order valence-electron chi connectivity index (χ1n) is 9.85. The quantitative estimate of drug-likeness (QED) is 0.774. The minimum Gasteiger partial charge on any atom is -0.346 e. The summed E-state index contributed by atoms with van der Waals surface area (Å²) < 4.78 is 15.9. The maximum absolute atomic E-state index is 13.8. The molecule has 2 heterocycles. The van der Waals surface area contributed by atoms with Crippen molar-refractivity contribution in [1.29, 1.82) is 0 Å². The highest BCUT2D eigenvalue weighted by molar-refractivity contribution is 6.07. The van der Waals surface area contributed by atoms with Gasteiger partial charge in [-0.2, -0.15) is 0 Å². The second kappa shape index (κ2) is 5.11. The van der Waals surface area contributed by atoms with Crippen LogP contribution in [0.1, 0.15) is 56.8 Å². The van der Waals surface area contributed by atoms with Gasteiger partial charge in [0.1, 0.15) is 5.82 Å². The summed E-state index contributed by atoms with van der Waals surface area (Å²) in [7, 11) is 0. The van der Waals surface area contributed by atoms with Crippen molar-refractivity contribution >= 4 is 16.8 Å². The molecule has 1 aromatic heterocycles. The molecule has 3 fully saturated rings. The zero-order chi connectivity index (χ0) is 18.3. The van der Waals surface area contributed by atoms with Gasteiger partial charge in [0.25, 0.3) is 5.91 Å². The monoisotopic (exact) mass is 354 g/mol. The summed E-state index contributed by atoms with van der Waals surface area (Å²) in [5, 5.41) is 0.892. The van der Waals surface area contributed by atoms with E-state index in [0.29, 0.717) is 17.4 Å². The van der Waals surface area contributed by atoms with Crippen molar-refractivity contribution in [2.45, 2.75) is 59.0 Å². The van der Waals surface area contributed by atoms with E-state index in [9.17, 15) is 9.18 Å². The lowest BCUT2D eigenvalue weighted by atomic mass is 9.74. The number of fused-ring (bicyclic) bond motifs is 2. The maximum Gasteiger partial charge on any atom is 0.256 e. The molecule has 0 radical (unpaired) electrons. The molecule has 2 atom stereocenters. The average molecular weight is 354 g/mol. The van der Waals surface area contributed by atoms with Crippen molar-refractivity contribution < 1.29 is 9.18 Å². The van der Waals surface area contributed by atoms with Gasteiger partial charge in [0.05, 0.1) is 11.1 Å². The zero-order valence-corrected chi connectivity index (χ0v) is 15.9. The molecular formula is C22H27FN2O. The lowest BCUT2D eigenvalue weighted by Gasteiger charge is -2.52. The van der Waals surface area contributed by atoms with Crippen molar-refractivity contribution in [3.63, 3.8) is 0 Å². The van der Waals surface area contributed by atoms with Gasteiger partial charge in [-0.05, 0) is 55.2 Å². The summed E-state index contributed by atoms with van der Waals surface area (Å²) in [4.78, 5) is 15.4. The predicted octanol–water partition coefficient (Wildman–Crippen LogP) is 4.84. The molecule has 2 aliphatic carbocycles. The molecule has 26 heavy (non-hydrogen) atoms. The van der Waals surface area contributed by atoms with Crippen molar-refractivity contribution in [2.24, 2.45) is 16.7 Å². The topological polar surface area (TPSA) is 25.2 Å². The predicted molar refractivity (Wildman–Crippen MR) is 101 cm³/mol. The first kappa shape index (κ1) is 16.3. The molecule has 1 aliphatic heterocycles. The van der Waals surface area contributed by atoms with E-state index >= 15 is 0 Å². The number of nitrogens with zero attached hydrogens (tertiary/aromatic N) is 2. The molecule has 1 aromatic carbocycles. The van der Waals surface area contributed by atoms with Gasteiger partial charge in [-0.25, -0.2) is 4.39 Å². The van der Waals surface area contributed by atoms with E-state index in [0.717, 1.165) is 36.0 Å². The smallest absolute Gasteiger partial charge is 0.256 e. The highest BCUT2D eigenvalue weighted by Crippen LogP contribution is 2.57. The van der Waals surface area contributed by atoms with Gasteiger partial charge in [0.2, 0.25) is 0 Å². The number of rotatable bonds is 3. The Morgan fingerprint density at radius 2 is 2.04 bits per heavy atom. The summed E-state index contributed by atoms with van der Waals surface area (Å²) in [5.41, 5.74) is 2.16. The lowest BCUT2D eigenvalue weighted by molar-refractivity contribution is -0.0214. The normalized spacial score (nSPS) is 29.7. The molecule has 2 aromatic rings. The minimum atomic E-state index is -0.235. The van der Waals surface area contributed by atoms with E-state index < -0.39 is 0 Å². The summed E-state index contributed by atoms with van der Waals surface area (Å²) in [6.45, 7) is 8.67. The van der Waals surface area contributed by atoms with Crippen molar-refractivity contribution in [2.75, 3.05) is 6.54 Å². The number of hydrogen-bond donors (Lipinski definition) is 0. The Morgan fingerprint density at radius 1 is 1.27 bits per heavy atom. The summed E-state index contributed by atoms with van der Waals surface area (Å²) in [6, 6.07) is 5.17. The fourth-order valence-corrected chi connectivity index (χ4v) is 5.62. The molecule has 3 aliphatic rings. The van der Waals surface area contributed by atoms with Crippen molar-refractivity contribution in [3.05, 3.63) is 35.8 Å². The van der Waals surface area contributed by atoms with Crippen LogP contribution in [-0.4, -0.2) is 28.0 Å². The minimum absolute atomic E-state index is 0.122. The van der Waals surface area contributed by atoms with Crippen LogP contribution in [-0.2, 0) is 6.54 Å². The maximum atomic E-state index is 13.8. The second-order valence-corrected chi connectivity index (χ2v) is 9.95. The van der Waals surface area contributed by atoms with Crippen molar-refractivity contribution in [3.8, 4) is 0 Å². The van der Waals surface area contributed by atoms with Crippen LogP contribution in [0.15, 0.2) is 24.4 Å². The molecule has 0 bridgehead atoms. The fraction of sp³-hybridized carbons (Fsp3) is 0.591. The average Bonchev–Trinajstić information content (AvgIpc) is 3.27. The van der Waals surface area contributed by atoms with E-state index in [1.54, 1.807) is 12.1 Å². The molecule has 3 nitrogen and oxygen atoms in total. The Kier molecular flexibility index (Phi) is 3.21. The first-order valence-corrected chi connectivity index (χ1v) is 9.85. The van der Waals surface area contributed by atoms with Gasteiger partial charge in [0.15, 0.2) is 0 Å². The second-order valence-electron chi connectivity index (χ2n) is 9.95. The lowest BCUT2D eigenvalue weighted by Crippen LogP contribution is -2.62. The summed E-state index contributed by atoms with van der Waals surface area (Å²) in [5.74, 6) is 0.566.